The average molecular weight is 473 g/mol. The number of carbonyl (C=O) groups excluding carboxylic acids is 2. The maximum Gasteiger partial charge on any atom is 0.252 e. The van der Waals surface area contributed by atoms with E-state index in [0.29, 0.717) is 22.6 Å². The standard InChI is InChI=1S/C25H32N2O5S/c1-15-13-16(2)18(4)23(17(15)3)33(30,31)27(25(5,6)7)21-14-22(28)26(24(21)29)19-9-11-20(32-8)12-10-19/h9-13,21H,14H2,1-8H3. The monoisotopic (exact) mass is 472 g/mol. The van der Waals surface area contributed by atoms with Crippen LogP contribution in [0.15, 0.2) is 35.2 Å². The van der Waals surface area contributed by atoms with Crippen LogP contribution in [0.3, 0.4) is 0 Å². The number of benzene rings is 2. The smallest absolute Gasteiger partial charge is 0.252 e. The normalized spacial score (nSPS) is 17.2. The number of aryl methyl sites for hydroxylation is 2. The molecular formula is C25H32N2O5S. The molecule has 8 heteroatoms. The molecular weight excluding hydrogens is 440 g/mol. The summed E-state index contributed by atoms with van der Waals surface area (Å²) in [6.07, 6.45) is -0.218. The van der Waals surface area contributed by atoms with Crippen molar-refractivity contribution in [2.24, 2.45) is 0 Å². The summed E-state index contributed by atoms with van der Waals surface area (Å²) in [5.41, 5.74) is 2.47. The number of amides is 2. The van der Waals surface area contributed by atoms with Gasteiger partial charge in [-0.2, -0.15) is 4.31 Å². The van der Waals surface area contributed by atoms with E-state index in [1.807, 2.05) is 19.9 Å². The third-order valence-corrected chi connectivity index (χ3v) is 8.66. The minimum absolute atomic E-state index is 0.207. The number of hydrogen-bond acceptors (Lipinski definition) is 5. The fourth-order valence-electron chi connectivity index (χ4n) is 4.46. The highest BCUT2D eigenvalue weighted by Gasteiger charge is 2.51. The molecule has 7 nitrogen and oxygen atoms in total. The molecule has 2 aromatic rings. The van der Waals surface area contributed by atoms with Gasteiger partial charge < -0.3 is 4.74 Å². The van der Waals surface area contributed by atoms with Crippen molar-refractivity contribution >= 4 is 27.5 Å². The lowest BCUT2D eigenvalue weighted by atomic mass is 10.0. The first-order valence-electron chi connectivity index (χ1n) is 10.8. The SMILES string of the molecule is COc1ccc(N2C(=O)CC(N(C(C)(C)C)S(=O)(=O)c3c(C)c(C)cc(C)c3C)C2=O)cc1. The van der Waals surface area contributed by atoms with Crippen LogP contribution in [0.1, 0.15) is 49.4 Å². The molecule has 0 spiro atoms. The molecule has 1 heterocycles. The first-order chi connectivity index (χ1) is 15.2. The van der Waals surface area contributed by atoms with Crippen LogP contribution in [0.4, 0.5) is 5.69 Å². The molecule has 0 bridgehead atoms. The molecule has 0 radical (unpaired) electrons. The maximum absolute atomic E-state index is 14.1. The van der Waals surface area contributed by atoms with Gasteiger partial charge in [0.15, 0.2) is 0 Å². The van der Waals surface area contributed by atoms with E-state index in [4.69, 9.17) is 4.74 Å². The minimum atomic E-state index is -4.11. The van der Waals surface area contributed by atoms with Gasteiger partial charge in [0.25, 0.3) is 5.91 Å². The van der Waals surface area contributed by atoms with Crippen LogP contribution in [-0.4, -0.2) is 43.2 Å². The number of ether oxygens (including phenoxy) is 1. The van der Waals surface area contributed by atoms with E-state index < -0.39 is 33.4 Å². The lowest BCUT2D eigenvalue weighted by molar-refractivity contribution is -0.122. The number of sulfonamides is 1. The first-order valence-corrected chi connectivity index (χ1v) is 12.3. The third kappa shape index (κ3) is 4.29. The van der Waals surface area contributed by atoms with Gasteiger partial charge in [0.05, 0.1) is 24.1 Å². The van der Waals surface area contributed by atoms with E-state index in [-0.39, 0.29) is 11.3 Å². The van der Waals surface area contributed by atoms with Gasteiger partial charge in [-0.15, -0.1) is 0 Å². The molecule has 1 unspecified atom stereocenters. The fourth-order valence-corrected chi connectivity index (χ4v) is 6.98. The van der Waals surface area contributed by atoms with Gasteiger partial charge in [-0.05, 0) is 95.0 Å². The number of imide groups is 1. The molecule has 0 N–H and O–H groups in total. The van der Waals surface area contributed by atoms with Crippen molar-refractivity contribution in [2.75, 3.05) is 12.0 Å². The molecule has 33 heavy (non-hydrogen) atoms. The summed E-state index contributed by atoms with van der Waals surface area (Å²) in [6.45, 7) is 12.5. The summed E-state index contributed by atoms with van der Waals surface area (Å²) in [5, 5.41) is 0. The topological polar surface area (TPSA) is 84.0 Å². The van der Waals surface area contributed by atoms with Gasteiger partial charge in [-0.1, -0.05) is 6.07 Å². The third-order valence-electron chi connectivity index (χ3n) is 6.21. The largest absolute Gasteiger partial charge is 0.497 e. The van der Waals surface area contributed by atoms with E-state index in [2.05, 4.69) is 0 Å². The number of nitrogens with zero attached hydrogens (tertiary/aromatic N) is 2. The van der Waals surface area contributed by atoms with E-state index in [1.165, 1.54) is 11.4 Å². The lowest BCUT2D eigenvalue weighted by Gasteiger charge is -2.38. The maximum atomic E-state index is 14.1. The van der Waals surface area contributed by atoms with E-state index in [1.54, 1.807) is 58.9 Å². The van der Waals surface area contributed by atoms with E-state index in [9.17, 15) is 18.0 Å². The number of hydrogen-bond donors (Lipinski definition) is 0. The Kier molecular flexibility index (Phi) is 6.47. The molecule has 1 aliphatic rings. The zero-order chi connectivity index (χ0) is 24.9. The summed E-state index contributed by atoms with van der Waals surface area (Å²) in [5.74, 6) is -0.397. The summed E-state index contributed by atoms with van der Waals surface area (Å²) >= 11 is 0. The second-order valence-corrected chi connectivity index (χ2v) is 11.3. The molecule has 0 aromatic heterocycles. The number of rotatable bonds is 5. The zero-order valence-corrected chi connectivity index (χ0v) is 21.3. The van der Waals surface area contributed by atoms with Gasteiger partial charge >= 0.3 is 0 Å². The molecule has 3 rings (SSSR count). The van der Waals surface area contributed by atoms with Crippen LogP contribution in [0.5, 0.6) is 5.75 Å². The highest BCUT2D eigenvalue weighted by atomic mass is 32.2. The Morgan fingerprint density at radius 2 is 1.48 bits per heavy atom. The highest BCUT2D eigenvalue weighted by molar-refractivity contribution is 7.89. The molecule has 0 saturated carbocycles. The van der Waals surface area contributed by atoms with E-state index >= 15 is 0 Å². The van der Waals surface area contributed by atoms with Crippen molar-refractivity contribution in [3.05, 3.63) is 52.6 Å². The van der Waals surface area contributed by atoms with E-state index in [0.717, 1.165) is 16.0 Å². The Morgan fingerprint density at radius 1 is 0.970 bits per heavy atom. The Hall–Kier alpha value is -2.71. The summed E-state index contributed by atoms with van der Waals surface area (Å²) < 4.78 is 34.6. The van der Waals surface area contributed by atoms with Crippen LogP contribution in [-0.2, 0) is 19.6 Å². The van der Waals surface area contributed by atoms with Gasteiger partial charge in [0, 0.05) is 5.54 Å². The molecule has 1 atom stereocenters. The molecule has 1 fully saturated rings. The van der Waals surface area contributed by atoms with Crippen LogP contribution >= 0.6 is 0 Å². The van der Waals surface area contributed by atoms with Crippen LogP contribution in [0, 0.1) is 27.7 Å². The Balaban J connectivity index is 2.13. The van der Waals surface area contributed by atoms with Gasteiger partial charge in [-0.25, -0.2) is 13.3 Å². The fraction of sp³-hybridized carbons (Fsp3) is 0.440. The lowest BCUT2D eigenvalue weighted by Crippen LogP contribution is -2.54. The Bertz CT molecular complexity index is 1180. The Labute approximate surface area is 196 Å². The number of anilines is 1. The molecule has 1 saturated heterocycles. The highest BCUT2D eigenvalue weighted by Crippen LogP contribution is 2.37. The molecule has 2 aromatic carbocycles. The van der Waals surface area contributed by atoms with Crippen molar-refractivity contribution in [3.8, 4) is 5.75 Å². The van der Waals surface area contributed by atoms with Gasteiger partial charge in [0.1, 0.15) is 11.8 Å². The van der Waals surface area contributed by atoms with Crippen LogP contribution < -0.4 is 9.64 Å². The second-order valence-electron chi connectivity index (χ2n) is 9.55. The van der Waals surface area contributed by atoms with Crippen molar-refractivity contribution in [1.29, 1.82) is 0 Å². The predicted molar refractivity (Wildman–Crippen MR) is 128 cm³/mol. The molecule has 0 aliphatic carbocycles. The zero-order valence-electron chi connectivity index (χ0n) is 20.5. The molecule has 2 amide bonds. The first kappa shape index (κ1) is 24.9. The van der Waals surface area contributed by atoms with Crippen molar-refractivity contribution < 1.29 is 22.7 Å². The summed E-state index contributed by atoms with van der Waals surface area (Å²) in [7, 11) is -2.58. The average Bonchev–Trinajstić information content (AvgIpc) is 2.98. The molecule has 1 aliphatic heterocycles. The number of carbonyl (C=O) groups is 2. The van der Waals surface area contributed by atoms with Gasteiger partial charge in [0.2, 0.25) is 15.9 Å². The second kappa shape index (κ2) is 8.57. The Morgan fingerprint density at radius 3 is 1.94 bits per heavy atom. The summed E-state index contributed by atoms with van der Waals surface area (Å²) in [4.78, 5) is 27.7. The quantitative estimate of drug-likeness (QED) is 0.613. The predicted octanol–water partition coefficient (Wildman–Crippen LogP) is 4.05. The molecule has 178 valence electrons. The van der Waals surface area contributed by atoms with Crippen molar-refractivity contribution in [1.82, 2.24) is 4.31 Å². The van der Waals surface area contributed by atoms with Crippen molar-refractivity contribution in [3.63, 3.8) is 0 Å². The van der Waals surface area contributed by atoms with Crippen LogP contribution in [0.25, 0.3) is 0 Å². The minimum Gasteiger partial charge on any atom is -0.497 e. The van der Waals surface area contributed by atoms with Crippen molar-refractivity contribution in [2.45, 2.75) is 71.4 Å². The number of methoxy groups -OCH3 is 1. The van der Waals surface area contributed by atoms with Gasteiger partial charge in [-0.3, -0.25) is 9.59 Å². The summed E-state index contributed by atoms with van der Waals surface area (Å²) in [6, 6.07) is 7.37. The van der Waals surface area contributed by atoms with Crippen LogP contribution in [0.2, 0.25) is 0 Å².